The molecule has 0 bridgehead atoms. The molecule has 25 heavy (non-hydrogen) atoms. The fraction of sp³-hybridized carbons (Fsp3) is 0.158. The second-order valence-corrected chi connectivity index (χ2v) is 5.53. The van der Waals surface area contributed by atoms with Gasteiger partial charge in [-0.25, -0.2) is 13.5 Å². The van der Waals surface area contributed by atoms with Crippen LogP contribution in [0, 0.1) is 18.6 Å². The Morgan fingerprint density at radius 3 is 2.44 bits per heavy atom. The molecule has 3 rings (SSSR count). The minimum Gasteiger partial charge on any atom is -0.309 e. The lowest BCUT2D eigenvalue weighted by Gasteiger charge is -2.21. The second kappa shape index (κ2) is 6.84. The smallest absolute Gasteiger partial charge is 0.261 e. The Morgan fingerprint density at radius 2 is 1.80 bits per heavy atom. The van der Waals surface area contributed by atoms with Gasteiger partial charge in [-0.2, -0.15) is 5.10 Å². The summed E-state index contributed by atoms with van der Waals surface area (Å²) in [6.07, 6.45) is 1.43. The van der Waals surface area contributed by atoms with E-state index in [1.807, 2.05) is 6.92 Å². The van der Waals surface area contributed by atoms with Crippen LogP contribution in [0.4, 0.5) is 14.5 Å². The number of aromatic nitrogens is 2. The number of benzene rings is 2. The molecule has 2 aromatic carbocycles. The Kier molecular flexibility index (Phi) is 4.61. The van der Waals surface area contributed by atoms with Gasteiger partial charge < -0.3 is 4.90 Å². The summed E-state index contributed by atoms with van der Waals surface area (Å²) in [6, 6.07) is 12.0. The third kappa shape index (κ3) is 3.15. The molecule has 0 fully saturated rings. The van der Waals surface area contributed by atoms with Crippen LogP contribution in [0.15, 0.2) is 54.7 Å². The first kappa shape index (κ1) is 16.8. The quantitative estimate of drug-likeness (QED) is 0.716. The number of para-hydroxylation sites is 1. The summed E-state index contributed by atoms with van der Waals surface area (Å²) >= 11 is 0. The van der Waals surface area contributed by atoms with Gasteiger partial charge >= 0.3 is 0 Å². The first-order valence-corrected chi connectivity index (χ1v) is 7.90. The molecule has 0 spiro atoms. The highest BCUT2D eigenvalue weighted by Gasteiger charge is 2.22. The average Bonchev–Trinajstić information content (AvgIpc) is 2.99. The largest absolute Gasteiger partial charge is 0.309 e. The number of rotatable bonds is 4. The van der Waals surface area contributed by atoms with E-state index in [0.29, 0.717) is 23.5 Å². The minimum atomic E-state index is -0.418. The molecular weight excluding hydrogens is 324 g/mol. The Morgan fingerprint density at radius 1 is 1.12 bits per heavy atom. The maximum atomic E-state index is 14.0. The van der Waals surface area contributed by atoms with E-state index < -0.39 is 5.82 Å². The zero-order valence-corrected chi connectivity index (χ0v) is 13.9. The Labute approximate surface area is 144 Å². The molecule has 0 aliphatic rings. The predicted molar refractivity (Wildman–Crippen MR) is 92.0 cm³/mol. The molecule has 0 radical (unpaired) electrons. The van der Waals surface area contributed by atoms with Crippen LogP contribution in [0.5, 0.6) is 0 Å². The molecule has 1 amide bonds. The number of nitrogens with zero attached hydrogens (tertiary/aromatic N) is 3. The van der Waals surface area contributed by atoms with E-state index in [0.717, 1.165) is 0 Å². The topological polar surface area (TPSA) is 38.1 Å². The number of carbonyl (C=O) groups excluding carboxylic acids is 1. The summed E-state index contributed by atoms with van der Waals surface area (Å²) in [5, 5.41) is 4.16. The molecule has 1 heterocycles. The van der Waals surface area contributed by atoms with Crippen molar-refractivity contribution < 1.29 is 13.6 Å². The van der Waals surface area contributed by atoms with Crippen molar-refractivity contribution in [2.24, 2.45) is 0 Å². The van der Waals surface area contributed by atoms with Crippen LogP contribution in [0.1, 0.15) is 23.0 Å². The molecule has 1 aromatic heterocycles. The van der Waals surface area contributed by atoms with Crippen LogP contribution in [-0.4, -0.2) is 22.2 Å². The number of anilines is 1. The van der Waals surface area contributed by atoms with Gasteiger partial charge in [-0.05, 0) is 50.2 Å². The number of halogens is 2. The molecule has 4 nitrogen and oxygen atoms in total. The molecule has 0 saturated heterocycles. The van der Waals surface area contributed by atoms with Crippen molar-refractivity contribution in [1.82, 2.24) is 9.78 Å². The Hall–Kier alpha value is -3.02. The van der Waals surface area contributed by atoms with E-state index in [1.54, 1.807) is 37.3 Å². The van der Waals surface area contributed by atoms with Crippen LogP contribution >= 0.6 is 0 Å². The van der Waals surface area contributed by atoms with Gasteiger partial charge in [0.15, 0.2) is 0 Å². The van der Waals surface area contributed by atoms with Crippen LogP contribution in [0.3, 0.4) is 0 Å². The third-order valence-electron chi connectivity index (χ3n) is 4.02. The summed E-state index contributed by atoms with van der Waals surface area (Å²) in [5.41, 5.74) is 1.78. The van der Waals surface area contributed by atoms with Gasteiger partial charge in [-0.3, -0.25) is 4.79 Å². The van der Waals surface area contributed by atoms with E-state index in [2.05, 4.69) is 5.10 Å². The van der Waals surface area contributed by atoms with Crippen molar-refractivity contribution in [3.8, 4) is 5.69 Å². The number of hydrogen-bond donors (Lipinski definition) is 0. The lowest BCUT2D eigenvalue weighted by molar-refractivity contribution is 0.0987. The number of hydrogen-bond acceptors (Lipinski definition) is 2. The lowest BCUT2D eigenvalue weighted by Crippen LogP contribution is -2.31. The van der Waals surface area contributed by atoms with Crippen LogP contribution in [0.25, 0.3) is 5.69 Å². The molecule has 3 aromatic rings. The molecular formula is C19H17F2N3O. The normalized spacial score (nSPS) is 10.7. The first-order valence-electron chi connectivity index (χ1n) is 7.90. The second-order valence-electron chi connectivity index (χ2n) is 5.53. The lowest BCUT2D eigenvalue weighted by atomic mass is 10.2. The van der Waals surface area contributed by atoms with E-state index in [1.165, 1.54) is 34.0 Å². The highest BCUT2D eigenvalue weighted by Crippen LogP contribution is 2.21. The highest BCUT2D eigenvalue weighted by atomic mass is 19.1. The summed E-state index contributed by atoms with van der Waals surface area (Å²) in [7, 11) is 0. The summed E-state index contributed by atoms with van der Waals surface area (Å²) < 4.78 is 28.5. The van der Waals surface area contributed by atoms with Gasteiger partial charge in [0.1, 0.15) is 17.3 Å². The fourth-order valence-electron chi connectivity index (χ4n) is 2.70. The molecule has 128 valence electrons. The minimum absolute atomic E-state index is 0.269. The van der Waals surface area contributed by atoms with Gasteiger partial charge in [0.25, 0.3) is 5.91 Å². The molecule has 0 saturated carbocycles. The van der Waals surface area contributed by atoms with Gasteiger partial charge in [0.05, 0.1) is 17.5 Å². The monoisotopic (exact) mass is 341 g/mol. The maximum Gasteiger partial charge on any atom is 0.261 e. The zero-order valence-electron chi connectivity index (χ0n) is 13.9. The predicted octanol–water partition coefficient (Wildman–Crippen LogP) is 4.13. The standard InChI is InChI=1S/C19H17F2N3O/c1-3-23(15-10-8-14(20)9-11-15)19(25)16-12-22-24(13(16)2)18-7-5-4-6-17(18)21/h4-12H,3H2,1-2H3. The molecule has 0 unspecified atom stereocenters. The Bertz CT molecular complexity index is 903. The van der Waals surface area contributed by atoms with Crippen molar-refractivity contribution >= 4 is 11.6 Å². The van der Waals surface area contributed by atoms with Crippen molar-refractivity contribution in [3.63, 3.8) is 0 Å². The highest BCUT2D eigenvalue weighted by molar-refractivity contribution is 6.06. The molecule has 0 aliphatic carbocycles. The zero-order chi connectivity index (χ0) is 18.0. The first-order chi connectivity index (χ1) is 12.0. The summed E-state index contributed by atoms with van der Waals surface area (Å²) in [6.45, 7) is 3.96. The van der Waals surface area contributed by atoms with E-state index in [-0.39, 0.29) is 17.4 Å². The molecule has 0 atom stereocenters. The van der Waals surface area contributed by atoms with Crippen molar-refractivity contribution in [2.75, 3.05) is 11.4 Å². The Balaban J connectivity index is 1.97. The third-order valence-corrected chi connectivity index (χ3v) is 4.02. The van der Waals surface area contributed by atoms with Crippen LogP contribution < -0.4 is 4.90 Å². The van der Waals surface area contributed by atoms with Gasteiger partial charge in [0, 0.05) is 12.2 Å². The number of carbonyl (C=O) groups is 1. The maximum absolute atomic E-state index is 14.0. The molecule has 0 aliphatic heterocycles. The van der Waals surface area contributed by atoms with Crippen molar-refractivity contribution in [2.45, 2.75) is 13.8 Å². The number of amides is 1. The van der Waals surface area contributed by atoms with E-state index in [4.69, 9.17) is 0 Å². The van der Waals surface area contributed by atoms with E-state index in [9.17, 15) is 13.6 Å². The van der Waals surface area contributed by atoms with Crippen molar-refractivity contribution in [1.29, 1.82) is 0 Å². The van der Waals surface area contributed by atoms with Gasteiger partial charge in [-0.1, -0.05) is 12.1 Å². The summed E-state index contributed by atoms with van der Waals surface area (Å²) in [5.74, 6) is -1.05. The molecule has 0 N–H and O–H groups in total. The van der Waals surface area contributed by atoms with Gasteiger partial charge in [0.2, 0.25) is 0 Å². The molecule has 6 heteroatoms. The van der Waals surface area contributed by atoms with Crippen molar-refractivity contribution in [3.05, 3.63) is 77.6 Å². The summed E-state index contributed by atoms with van der Waals surface area (Å²) in [4.78, 5) is 14.4. The van der Waals surface area contributed by atoms with Gasteiger partial charge in [-0.15, -0.1) is 0 Å². The van der Waals surface area contributed by atoms with Crippen LogP contribution in [0.2, 0.25) is 0 Å². The average molecular weight is 341 g/mol. The van der Waals surface area contributed by atoms with E-state index >= 15 is 0 Å². The van der Waals surface area contributed by atoms with Crippen LogP contribution in [-0.2, 0) is 0 Å². The SMILES string of the molecule is CCN(C(=O)c1cnn(-c2ccccc2F)c1C)c1ccc(F)cc1. The fourth-order valence-corrected chi connectivity index (χ4v) is 2.70.